The van der Waals surface area contributed by atoms with Gasteiger partial charge in [0.1, 0.15) is 24.5 Å². The van der Waals surface area contributed by atoms with Crippen molar-refractivity contribution in [1.82, 2.24) is 9.97 Å². The summed E-state index contributed by atoms with van der Waals surface area (Å²) >= 11 is 1.64. The van der Waals surface area contributed by atoms with Crippen LogP contribution in [0.5, 0.6) is 5.75 Å². The van der Waals surface area contributed by atoms with Crippen molar-refractivity contribution in [3.63, 3.8) is 0 Å². The summed E-state index contributed by atoms with van der Waals surface area (Å²) in [5, 5.41) is 5.41. The van der Waals surface area contributed by atoms with Crippen molar-refractivity contribution in [2.45, 2.75) is 19.9 Å². The Kier molecular flexibility index (Phi) is 4.01. The average molecular weight is 299 g/mol. The fourth-order valence-corrected chi connectivity index (χ4v) is 2.82. The maximum atomic E-state index is 5.79. The molecule has 0 fully saturated rings. The van der Waals surface area contributed by atoms with E-state index in [2.05, 4.69) is 29.1 Å². The van der Waals surface area contributed by atoms with Gasteiger partial charge in [0.25, 0.3) is 0 Å². The Morgan fingerprint density at radius 3 is 2.81 bits per heavy atom. The summed E-state index contributed by atoms with van der Waals surface area (Å²) in [5.41, 5.74) is 2.21. The number of nitrogens with one attached hydrogen (secondary N) is 1. The van der Waals surface area contributed by atoms with E-state index in [1.165, 1.54) is 5.56 Å². The van der Waals surface area contributed by atoms with E-state index in [0.29, 0.717) is 6.61 Å². The molecule has 3 aromatic rings. The van der Waals surface area contributed by atoms with E-state index in [0.717, 1.165) is 21.8 Å². The largest absolute Gasteiger partial charge is 0.491 e. The molecule has 1 aromatic carbocycles. The predicted octanol–water partition coefficient (Wildman–Crippen LogP) is 3.88. The molecule has 0 saturated heterocycles. The number of ether oxygens (including phenoxy) is 1. The summed E-state index contributed by atoms with van der Waals surface area (Å²) in [6.45, 7) is 4.73. The minimum atomic E-state index is 0.159. The SMILES string of the molecule is Cc1ccc(OC[C@@H](C)Nc2ncnc3ccsc23)cc1. The van der Waals surface area contributed by atoms with Crippen LogP contribution < -0.4 is 10.1 Å². The van der Waals surface area contributed by atoms with Crippen LogP contribution in [0, 0.1) is 6.92 Å². The van der Waals surface area contributed by atoms with Crippen molar-refractivity contribution in [3.8, 4) is 5.75 Å². The Bertz CT molecular complexity index is 724. The van der Waals surface area contributed by atoms with Gasteiger partial charge in [0, 0.05) is 0 Å². The molecule has 21 heavy (non-hydrogen) atoms. The molecule has 0 aliphatic carbocycles. The highest BCUT2D eigenvalue weighted by Gasteiger charge is 2.09. The van der Waals surface area contributed by atoms with Gasteiger partial charge in [-0.05, 0) is 37.4 Å². The normalized spacial score (nSPS) is 12.3. The van der Waals surface area contributed by atoms with Crippen LogP contribution in [0.2, 0.25) is 0 Å². The van der Waals surface area contributed by atoms with Gasteiger partial charge < -0.3 is 10.1 Å². The van der Waals surface area contributed by atoms with E-state index >= 15 is 0 Å². The summed E-state index contributed by atoms with van der Waals surface area (Å²) in [6, 6.07) is 10.2. The van der Waals surface area contributed by atoms with Crippen molar-refractivity contribution in [3.05, 3.63) is 47.6 Å². The van der Waals surface area contributed by atoms with Gasteiger partial charge in [-0.1, -0.05) is 17.7 Å². The number of aromatic nitrogens is 2. The lowest BCUT2D eigenvalue weighted by molar-refractivity contribution is 0.304. The number of rotatable bonds is 5. The number of benzene rings is 1. The Balaban J connectivity index is 1.62. The molecule has 2 aromatic heterocycles. The quantitative estimate of drug-likeness (QED) is 0.776. The Morgan fingerprint density at radius 1 is 1.19 bits per heavy atom. The summed E-state index contributed by atoms with van der Waals surface area (Å²) in [5.74, 6) is 1.76. The molecule has 0 spiro atoms. The zero-order valence-corrected chi connectivity index (χ0v) is 12.9. The number of hydrogen-bond acceptors (Lipinski definition) is 5. The fraction of sp³-hybridized carbons (Fsp3) is 0.250. The molecule has 5 heteroatoms. The van der Waals surface area contributed by atoms with Crippen LogP contribution >= 0.6 is 11.3 Å². The standard InChI is InChI=1S/C16H17N3OS/c1-11-3-5-13(6-4-11)20-9-12(2)19-16-15-14(7-8-21-15)17-10-18-16/h3-8,10,12H,9H2,1-2H3,(H,17,18,19)/t12-/m1/s1. The number of nitrogens with zero attached hydrogens (tertiary/aromatic N) is 2. The monoisotopic (exact) mass is 299 g/mol. The van der Waals surface area contributed by atoms with Crippen LogP contribution in [0.1, 0.15) is 12.5 Å². The molecule has 2 heterocycles. The number of fused-ring (bicyclic) bond motifs is 1. The highest BCUT2D eigenvalue weighted by atomic mass is 32.1. The zero-order valence-electron chi connectivity index (χ0n) is 12.0. The summed E-state index contributed by atoms with van der Waals surface area (Å²) < 4.78 is 6.87. The highest BCUT2D eigenvalue weighted by Crippen LogP contribution is 2.25. The number of anilines is 1. The van der Waals surface area contributed by atoms with Crippen LogP contribution in [-0.2, 0) is 0 Å². The van der Waals surface area contributed by atoms with Crippen molar-refractivity contribution < 1.29 is 4.74 Å². The van der Waals surface area contributed by atoms with E-state index in [1.807, 2.05) is 35.7 Å². The zero-order chi connectivity index (χ0) is 14.7. The Hall–Kier alpha value is -2.14. The van der Waals surface area contributed by atoms with Gasteiger partial charge in [-0.15, -0.1) is 11.3 Å². The lowest BCUT2D eigenvalue weighted by Crippen LogP contribution is -2.24. The number of thiophene rings is 1. The first-order valence-electron chi connectivity index (χ1n) is 6.86. The predicted molar refractivity (Wildman–Crippen MR) is 87.2 cm³/mol. The summed E-state index contributed by atoms with van der Waals surface area (Å²) in [6.07, 6.45) is 1.59. The minimum Gasteiger partial charge on any atom is -0.491 e. The molecule has 3 rings (SSSR count). The molecule has 0 amide bonds. The van der Waals surface area contributed by atoms with E-state index in [9.17, 15) is 0 Å². The van der Waals surface area contributed by atoms with Gasteiger partial charge in [0.2, 0.25) is 0 Å². The first-order valence-corrected chi connectivity index (χ1v) is 7.74. The molecule has 0 aliphatic rings. The van der Waals surface area contributed by atoms with Gasteiger partial charge in [-0.25, -0.2) is 9.97 Å². The second kappa shape index (κ2) is 6.10. The molecular weight excluding hydrogens is 282 g/mol. The molecule has 1 atom stereocenters. The maximum absolute atomic E-state index is 5.79. The second-order valence-corrected chi connectivity index (χ2v) is 5.94. The number of aryl methyl sites for hydroxylation is 1. The average Bonchev–Trinajstić information content (AvgIpc) is 2.96. The maximum Gasteiger partial charge on any atom is 0.147 e. The van der Waals surface area contributed by atoms with E-state index in [1.54, 1.807) is 17.7 Å². The van der Waals surface area contributed by atoms with Crippen molar-refractivity contribution in [2.75, 3.05) is 11.9 Å². The van der Waals surface area contributed by atoms with Crippen molar-refractivity contribution >= 4 is 27.4 Å². The van der Waals surface area contributed by atoms with Gasteiger partial charge in [0.05, 0.1) is 16.3 Å². The minimum absolute atomic E-state index is 0.159. The molecule has 0 saturated carbocycles. The first-order chi connectivity index (χ1) is 10.2. The van der Waals surface area contributed by atoms with Gasteiger partial charge in [-0.2, -0.15) is 0 Å². The smallest absolute Gasteiger partial charge is 0.147 e. The third kappa shape index (κ3) is 3.31. The Morgan fingerprint density at radius 2 is 2.00 bits per heavy atom. The Labute approximate surface area is 127 Å². The van der Waals surface area contributed by atoms with Crippen LogP contribution in [0.25, 0.3) is 10.2 Å². The first kappa shape index (κ1) is 13.8. The molecule has 0 bridgehead atoms. The van der Waals surface area contributed by atoms with Crippen LogP contribution in [0.4, 0.5) is 5.82 Å². The summed E-state index contributed by atoms with van der Waals surface area (Å²) in [4.78, 5) is 8.56. The molecule has 0 unspecified atom stereocenters. The summed E-state index contributed by atoms with van der Waals surface area (Å²) in [7, 11) is 0. The van der Waals surface area contributed by atoms with Crippen LogP contribution in [0.15, 0.2) is 42.0 Å². The molecule has 108 valence electrons. The van der Waals surface area contributed by atoms with E-state index in [-0.39, 0.29) is 6.04 Å². The molecule has 1 N–H and O–H groups in total. The lowest BCUT2D eigenvalue weighted by Gasteiger charge is -2.16. The van der Waals surface area contributed by atoms with Gasteiger partial charge >= 0.3 is 0 Å². The van der Waals surface area contributed by atoms with Crippen LogP contribution in [-0.4, -0.2) is 22.6 Å². The topological polar surface area (TPSA) is 47.0 Å². The third-order valence-corrected chi connectivity index (χ3v) is 4.06. The van der Waals surface area contributed by atoms with E-state index < -0.39 is 0 Å². The van der Waals surface area contributed by atoms with Crippen molar-refractivity contribution in [1.29, 1.82) is 0 Å². The van der Waals surface area contributed by atoms with E-state index in [4.69, 9.17) is 4.74 Å². The van der Waals surface area contributed by atoms with Gasteiger partial charge in [0.15, 0.2) is 0 Å². The molecule has 4 nitrogen and oxygen atoms in total. The fourth-order valence-electron chi connectivity index (χ4n) is 2.02. The van der Waals surface area contributed by atoms with Crippen LogP contribution in [0.3, 0.4) is 0 Å². The molecular formula is C16H17N3OS. The molecule has 0 radical (unpaired) electrons. The highest BCUT2D eigenvalue weighted by molar-refractivity contribution is 7.17. The molecule has 0 aliphatic heterocycles. The van der Waals surface area contributed by atoms with Gasteiger partial charge in [-0.3, -0.25) is 0 Å². The third-order valence-electron chi connectivity index (χ3n) is 3.15. The number of hydrogen-bond donors (Lipinski definition) is 1. The van der Waals surface area contributed by atoms with Crippen molar-refractivity contribution in [2.24, 2.45) is 0 Å². The lowest BCUT2D eigenvalue weighted by atomic mass is 10.2. The second-order valence-electron chi connectivity index (χ2n) is 5.03.